The Hall–Kier alpha value is -1.06. The van der Waals surface area contributed by atoms with Crippen molar-refractivity contribution in [1.29, 1.82) is 0 Å². The van der Waals surface area contributed by atoms with Crippen molar-refractivity contribution < 1.29 is 0 Å². The third-order valence-electron chi connectivity index (χ3n) is 2.82. The first-order valence-corrected chi connectivity index (χ1v) is 6.58. The smallest absolute Gasteiger partial charge is 0.0552 e. The van der Waals surface area contributed by atoms with E-state index in [0.717, 1.165) is 25.9 Å². The Labute approximate surface area is 101 Å². The third-order valence-corrected chi connectivity index (χ3v) is 3.77. The minimum atomic E-state index is 0.790. The monoisotopic (exact) mass is 234 g/mol. The van der Waals surface area contributed by atoms with Crippen molar-refractivity contribution in [1.82, 2.24) is 0 Å². The van der Waals surface area contributed by atoms with Gasteiger partial charge in [0.05, 0.1) is 5.69 Å². The number of nitrogens with two attached hydrogens (primary N) is 1. The SMILES string of the molecule is CN(CCCCN)c1csc2ccccc12. The highest BCUT2D eigenvalue weighted by Gasteiger charge is 2.07. The summed E-state index contributed by atoms with van der Waals surface area (Å²) < 4.78 is 1.36. The van der Waals surface area contributed by atoms with Crippen LogP contribution in [0.1, 0.15) is 12.8 Å². The molecule has 0 aliphatic rings. The first-order valence-electron chi connectivity index (χ1n) is 5.70. The number of thiophene rings is 1. The van der Waals surface area contributed by atoms with Gasteiger partial charge in [-0.15, -0.1) is 11.3 Å². The van der Waals surface area contributed by atoms with Gasteiger partial charge in [0.2, 0.25) is 0 Å². The fraction of sp³-hybridized carbons (Fsp3) is 0.385. The molecule has 0 atom stereocenters. The highest BCUT2D eigenvalue weighted by Crippen LogP contribution is 2.32. The average Bonchev–Trinajstić information content (AvgIpc) is 2.73. The molecule has 1 aromatic carbocycles. The first kappa shape index (κ1) is 11.4. The van der Waals surface area contributed by atoms with Gasteiger partial charge in [-0.3, -0.25) is 0 Å². The Morgan fingerprint density at radius 1 is 1.25 bits per heavy atom. The van der Waals surface area contributed by atoms with Crippen LogP contribution in [0.2, 0.25) is 0 Å². The van der Waals surface area contributed by atoms with Crippen molar-refractivity contribution in [3.63, 3.8) is 0 Å². The van der Waals surface area contributed by atoms with Crippen LogP contribution < -0.4 is 10.6 Å². The molecule has 0 aliphatic heterocycles. The van der Waals surface area contributed by atoms with E-state index < -0.39 is 0 Å². The highest BCUT2D eigenvalue weighted by molar-refractivity contribution is 7.17. The number of hydrogen-bond acceptors (Lipinski definition) is 3. The zero-order valence-corrected chi connectivity index (χ0v) is 10.5. The molecule has 2 N–H and O–H groups in total. The van der Waals surface area contributed by atoms with Gasteiger partial charge in [0, 0.05) is 29.1 Å². The van der Waals surface area contributed by atoms with Crippen LogP contribution in [-0.2, 0) is 0 Å². The quantitative estimate of drug-likeness (QED) is 0.806. The van der Waals surface area contributed by atoms with Crippen molar-refractivity contribution in [2.24, 2.45) is 5.73 Å². The van der Waals surface area contributed by atoms with E-state index in [2.05, 4.69) is 41.6 Å². The number of anilines is 1. The average molecular weight is 234 g/mol. The standard InChI is InChI=1S/C13H18N2S/c1-15(9-5-4-8-14)12-10-16-13-7-3-2-6-11(12)13/h2-3,6-7,10H,4-5,8-9,14H2,1H3. The van der Waals surface area contributed by atoms with Crippen LogP contribution in [0.4, 0.5) is 5.69 Å². The molecule has 0 fully saturated rings. The van der Waals surface area contributed by atoms with E-state index in [4.69, 9.17) is 5.73 Å². The molecule has 0 unspecified atom stereocenters. The molecule has 0 radical (unpaired) electrons. The number of fused-ring (bicyclic) bond motifs is 1. The Morgan fingerprint density at radius 2 is 2.06 bits per heavy atom. The number of hydrogen-bond donors (Lipinski definition) is 1. The maximum atomic E-state index is 5.51. The lowest BCUT2D eigenvalue weighted by molar-refractivity contribution is 0.730. The second kappa shape index (κ2) is 5.32. The van der Waals surface area contributed by atoms with Gasteiger partial charge in [-0.2, -0.15) is 0 Å². The molecule has 0 saturated carbocycles. The zero-order chi connectivity index (χ0) is 11.4. The summed E-state index contributed by atoms with van der Waals surface area (Å²) in [4.78, 5) is 2.33. The summed E-state index contributed by atoms with van der Waals surface area (Å²) in [6.45, 7) is 1.87. The van der Waals surface area contributed by atoms with Gasteiger partial charge in [0.1, 0.15) is 0 Å². The predicted octanol–water partition coefficient (Wildman–Crippen LogP) is 3.08. The molecule has 0 saturated heterocycles. The largest absolute Gasteiger partial charge is 0.373 e. The van der Waals surface area contributed by atoms with E-state index in [9.17, 15) is 0 Å². The van der Waals surface area contributed by atoms with Crippen LogP contribution >= 0.6 is 11.3 Å². The molecule has 2 rings (SSSR count). The molecule has 2 nitrogen and oxygen atoms in total. The molecular formula is C13H18N2S. The lowest BCUT2D eigenvalue weighted by Crippen LogP contribution is -2.18. The maximum absolute atomic E-state index is 5.51. The molecule has 0 spiro atoms. The fourth-order valence-electron chi connectivity index (χ4n) is 1.87. The van der Waals surface area contributed by atoms with Crippen LogP contribution in [0, 0.1) is 0 Å². The van der Waals surface area contributed by atoms with Gasteiger partial charge in [0.15, 0.2) is 0 Å². The number of rotatable bonds is 5. The number of benzene rings is 1. The van der Waals surface area contributed by atoms with Crippen molar-refractivity contribution in [3.8, 4) is 0 Å². The van der Waals surface area contributed by atoms with Gasteiger partial charge >= 0.3 is 0 Å². The Bertz CT molecular complexity index is 450. The van der Waals surface area contributed by atoms with E-state index in [1.54, 1.807) is 0 Å². The van der Waals surface area contributed by atoms with Crippen molar-refractivity contribution in [2.45, 2.75) is 12.8 Å². The molecule has 0 amide bonds. The van der Waals surface area contributed by atoms with Gasteiger partial charge in [-0.05, 0) is 25.5 Å². The van der Waals surface area contributed by atoms with Gasteiger partial charge in [-0.1, -0.05) is 18.2 Å². The van der Waals surface area contributed by atoms with Crippen LogP contribution in [0.15, 0.2) is 29.6 Å². The van der Waals surface area contributed by atoms with Crippen molar-refractivity contribution >= 4 is 27.1 Å². The molecule has 0 aliphatic carbocycles. The lowest BCUT2D eigenvalue weighted by Gasteiger charge is -2.18. The topological polar surface area (TPSA) is 29.3 Å². The summed E-state index contributed by atoms with van der Waals surface area (Å²) in [6, 6.07) is 8.57. The molecule has 86 valence electrons. The minimum absolute atomic E-state index is 0.790. The van der Waals surface area contributed by atoms with E-state index >= 15 is 0 Å². The normalized spacial score (nSPS) is 10.9. The highest BCUT2D eigenvalue weighted by atomic mass is 32.1. The van der Waals surface area contributed by atoms with Gasteiger partial charge in [-0.25, -0.2) is 0 Å². The van der Waals surface area contributed by atoms with E-state index in [0.29, 0.717) is 0 Å². The van der Waals surface area contributed by atoms with Crippen LogP contribution in [0.3, 0.4) is 0 Å². The Morgan fingerprint density at radius 3 is 2.88 bits per heavy atom. The third kappa shape index (κ3) is 2.36. The van der Waals surface area contributed by atoms with Crippen LogP contribution in [0.25, 0.3) is 10.1 Å². The molecule has 16 heavy (non-hydrogen) atoms. The van der Waals surface area contributed by atoms with Crippen LogP contribution in [0.5, 0.6) is 0 Å². The second-order valence-electron chi connectivity index (χ2n) is 4.03. The first-order chi connectivity index (χ1) is 7.83. The molecule has 0 bridgehead atoms. The molecular weight excluding hydrogens is 216 g/mol. The van der Waals surface area contributed by atoms with Gasteiger partial charge in [0.25, 0.3) is 0 Å². The summed E-state index contributed by atoms with van der Waals surface area (Å²) in [5.41, 5.74) is 6.85. The number of unbranched alkanes of at least 4 members (excludes halogenated alkanes) is 1. The van der Waals surface area contributed by atoms with E-state index in [1.807, 2.05) is 11.3 Å². The Kier molecular flexibility index (Phi) is 3.80. The van der Waals surface area contributed by atoms with E-state index in [-0.39, 0.29) is 0 Å². The molecule has 2 aromatic rings. The maximum Gasteiger partial charge on any atom is 0.0552 e. The van der Waals surface area contributed by atoms with Crippen LogP contribution in [-0.4, -0.2) is 20.1 Å². The molecule has 1 heterocycles. The summed E-state index contributed by atoms with van der Waals surface area (Å²) in [5, 5.41) is 3.61. The van der Waals surface area contributed by atoms with Crippen molar-refractivity contribution in [2.75, 3.05) is 25.0 Å². The zero-order valence-electron chi connectivity index (χ0n) is 9.65. The van der Waals surface area contributed by atoms with Gasteiger partial charge < -0.3 is 10.6 Å². The minimum Gasteiger partial charge on any atom is -0.373 e. The van der Waals surface area contributed by atoms with E-state index in [1.165, 1.54) is 15.8 Å². The predicted molar refractivity (Wildman–Crippen MR) is 73.4 cm³/mol. The summed E-state index contributed by atoms with van der Waals surface area (Å²) in [6.07, 6.45) is 2.27. The Balaban J connectivity index is 2.13. The second-order valence-corrected chi connectivity index (χ2v) is 4.95. The van der Waals surface area contributed by atoms with Crippen molar-refractivity contribution in [3.05, 3.63) is 29.6 Å². The summed E-state index contributed by atoms with van der Waals surface area (Å²) in [7, 11) is 2.16. The lowest BCUT2D eigenvalue weighted by atomic mass is 10.2. The number of nitrogens with zero attached hydrogens (tertiary/aromatic N) is 1. The molecule has 3 heteroatoms. The molecule has 1 aromatic heterocycles. The fourth-order valence-corrected chi connectivity index (χ4v) is 2.88. The summed E-state index contributed by atoms with van der Waals surface area (Å²) >= 11 is 1.82. The summed E-state index contributed by atoms with van der Waals surface area (Å²) in [5.74, 6) is 0.